The fourth-order valence-electron chi connectivity index (χ4n) is 2.55. The minimum atomic E-state index is 0.641. The molecule has 1 aromatic rings. The van der Waals surface area contributed by atoms with Gasteiger partial charge in [-0.2, -0.15) is 0 Å². The smallest absolute Gasteiger partial charge is 0.163 e. The van der Waals surface area contributed by atoms with Crippen molar-refractivity contribution in [3.05, 3.63) is 18.2 Å². The topological polar surface area (TPSA) is 42.5 Å². The second-order valence-electron chi connectivity index (χ2n) is 4.87. The largest absolute Gasteiger partial charge is 0.486 e. The lowest BCUT2D eigenvalue weighted by Crippen LogP contribution is -2.24. The van der Waals surface area contributed by atoms with Crippen LogP contribution >= 0.6 is 0 Å². The van der Waals surface area contributed by atoms with Crippen LogP contribution in [0.4, 0.5) is 5.69 Å². The molecule has 2 aliphatic rings. The zero-order valence-corrected chi connectivity index (χ0v) is 10.6. The highest BCUT2D eigenvalue weighted by molar-refractivity contribution is 5.55. The molecule has 0 amide bonds. The Kier molecular flexibility index (Phi) is 3.55. The van der Waals surface area contributed by atoms with Crippen LogP contribution in [0.25, 0.3) is 0 Å². The van der Waals surface area contributed by atoms with Gasteiger partial charge in [0.1, 0.15) is 13.2 Å². The number of hydrogen-bond donors (Lipinski definition) is 2. The third kappa shape index (κ3) is 2.70. The minimum absolute atomic E-state index is 0.641. The van der Waals surface area contributed by atoms with Crippen molar-refractivity contribution in [1.82, 2.24) is 5.32 Å². The van der Waals surface area contributed by atoms with Crippen LogP contribution < -0.4 is 20.1 Å². The Balaban J connectivity index is 1.52. The number of benzene rings is 1. The van der Waals surface area contributed by atoms with Crippen LogP contribution in [0.3, 0.4) is 0 Å². The van der Waals surface area contributed by atoms with Gasteiger partial charge in [0, 0.05) is 24.3 Å². The van der Waals surface area contributed by atoms with Crippen LogP contribution in [0.15, 0.2) is 18.2 Å². The lowest BCUT2D eigenvalue weighted by atomic mass is 10.1. The number of hydrogen-bond acceptors (Lipinski definition) is 4. The highest BCUT2D eigenvalue weighted by atomic mass is 16.6. The van der Waals surface area contributed by atoms with E-state index in [0.29, 0.717) is 19.3 Å². The Bertz CT molecular complexity index is 403. The molecule has 0 spiro atoms. The van der Waals surface area contributed by atoms with Gasteiger partial charge in [-0.15, -0.1) is 0 Å². The first-order valence-electron chi connectivity index (χ1n) is 6.79. The van der Waals surface area contributed by atoms with E-state index in [1.165, 1.54) is 25.8 Å². The Hall–Kier alpha value is -1.42. The summed E-state index contributed by atoms with van der Waals surface area (Å²) < 4.78 is 11.1. The van der Waals surface area contributed by atoms with E-state index in [2.05, 4.69) is 16.7 Å². The van der Waals surface area contributed by atoms with Crippen molar-refractivity contribution in [3.8, 4) is 11.5 Å². The van der Waals surface area contributed by atoms with Gasteiger partial charge in [-0.25, -0.2) is 0 Å². The van der Waals surface area contributed by atoms with Gasteiger partial charge < -0.3 is 20.1 Å². The van der Waals surface area contributed by atoms with E-state index >= 15 is 0 Å². The molecule has 3 rings (SSSR count). The van der Waals surface area contributed by atoms with Crippen LogP contribution in [-0.2, 0) is 0 Å². The molecule has 2 heterocycles. The zero-order valence-electron chi connectivity index (χ0n) is 10.6. The summed E-state index contributed by atoms with van der Waals surface area (Å²) in [6, 6.07) is 6.74. The number of ether oxygens (including phenoxy) is 2. The van der Waals surface area contributed by atoms with Gasteiger partial charge in [-0.05, 0) is 37.9 Å². The van der Waals surface area contributed by atoms with E-state index in [0.717, 1.165) is 23.7 Å². The molecule has 0 saturated carbocycles. The third-order valence-corrected chi connectivity index (χ3v) is 3.53. The second-order valence-corrected chi connectivity index (χ2v) is 4.87. The van der Waals surface area contributed by atoms with E-state index in [9.17, 15) is 0 Å². The van der Waals surface area contributed by atoms with E-state index in [1.54, 1.807) is 0 Å². The molecule has 4 heteroatoms. The van der Waals surface area contributed by atoms with Crippen molar-refractivity contribution in [3.63, 3.8) is 0 Å². The second kappa shape index (κ2) is 5.48. The number of anilines is 1. The van der Waals surface area contributed by atoms with E-state index in [1.807, 2.05) is 12.1 Å². The van der Waals surface area contributed by atoms with E-state index in [4.69, 9.17) is 9.47 Å². The van der Waals surface area contributed by atoms with Gasteiger partial charge in [-0.3, -0.25) is 0 Å². The molecule has 1 unspecified atom stereocenters. The SMILES string of the molecule is c1cc2c(cc1NCCC1CCCN1)OCCO2. The molecule has 4 nitrogen and oxygen atoms in total. The molecule has 0 bridgehead atoms. The summed E-state index contributed by atoms with van der Waals surface area (Å²) in [5.74, 6) is 1.70. The lowest BCUT2D eigenvalue weighted by Gasteiger charge is -2.19. The fourth-order valence-corrected chi connectivity index (χ4v) is 2.55. The predicted octanol–water partition coefficient (Wildman–Crippen LogP) is 2.01. The molecule has 0 aromatic heterocycles. The van der Waals surface area contributed by atoms with Gasteiger partial charge in [0.05, 0.1) is 0 Å². The van der Waals surface area contributed by atoms with Crippen molar-refractivity contribution >= 4 is 5.69 Å². The summed E-state index contributed by atoms with van der Waals surface area (Å²) in [4.78, 5) is 0. The molecule has 2 aliphatic heterocycles. The summed E-state index contributed by atoms with van der Waals surface area (Å²) in [6.45, 7) is 3.46. The maximum Gasteiger partial charge on any atom is 0.163 e. The first kappa shape index (κ1) is 11.7. The standard InChI is InChI=1S/C14H20N2O2/c1-2-11(15-6-1)5-7-16-12-3-4-13-14(10-12)18-9-8-17-13/h3-4,10-11,15-16H,1-2,5-9H2. The molecule has 0 radical (unpaired) electrons. The normalized spacial score (nSPS) is 21.9. The van der Waals surface area contributed by atoms with Crippen LogP contribution in [0.5, 0.6) is 11.5 Å². The molecule has 98 valence electrons. The van der Waals surface area contributed by atoms with Crippen LogP contribution in [0.2, 0.25) is 0 Å². The zero-order chi connectivity index (χ0) is 12.2. The minimum Gasteiger partial charge on any atom is -0.486 e. The van der Waals surface area contributed by atoms with Gasteiger partial charge >= 0.3 is 0 Å². The quantitative estimate of drug-likeness (QED) is 0.855. The maximum absolute atomic E-state index is 5.57. The third-order valence-electron chi connectivity index (χ3n) is 3.53. The van der Waals surface area contributed by atoms with Crippen molar-refractivity contribution in [2.45, 2.75) is 25.3 Å². The van der Waals surface area contributed by atoms with Crippen molar-refractivity contribution in [1.29, 1.82) is 0 Å². The average molecular weight is 248 g/mol. The average Bonchev–Trinajstić information content (AvgIpc) is 2.92. The first-order chi connectivity index (χ1) is 8.92. The molecule has 1 atom stereocenters. The monoisotopic (exact) mass is 248 g/mol. The van der Waals surface area contributed by atoms with E-state index < -0.39 is 0 Å². The number of nitrogens with one attached hydrogen (secondary N) is 2. The van der Waals surface area contributed by atoms with Gasteiger partial charge in [0.25, 0.3) is 0 Å². The summed E-state index contributed by atoms with van der Waals surface area (Å²) >= 11 is 0. The van der Waals surface area contributed by atoms with Gasteiger partial charge in [0.15, 0.2) is 11.5 Å². The van der Waals surface area contributed by atoms with Crippen LogP contribution in [-0.4, -0.2) is 32.3 Å². The van der Waals surface area contributed by atoms with Crippen molar-refractivity contribution in [2.75, 3.05) is 31.6 Å². The van der Waals surface area contributed by atoms with Crippen LogP contribution in [0, 0.1) is 0 Å². The van der Waals surface area contributed by atoms with Crippen molar-refractivity contribution in [2.24, 2.45) is 0 Å². The highest BCUT2D eigenvalue weighted by Crippen LogP contribution is 2.32. The molecule has 1 saturated heterocycles. The molecule has 0 aliphatic carbocycles. The summed E-state index contributed by atoms with van der Waals surface area (Å²) in [5, 5.41) is 6.95. The fraction of sp³-hybridized carbons (Fsp3) is 0.571. The molecular formula is C14H20N2O2. The first-order valence-corrected chi connectivity index (χ1v) is 6.79. The van der Waals surface area contributed by atoms with E-state index in [-0.39, 0.29) is 0 Å². The van der Waals surface area contributed by atoms with Gasteiger partial charge in [-0.1, -0.05) is 0 Å². The Morgan fingerprint density at radius 2 is 2.11 bits per heavy atom. The molecule has 1 aromatic carbocycles. The molecule has 2 N–H and O–H groups in total. The number of rotatable bonds is 4. The molecule has 18 heavy (non-hydrogen) atoms. The summed E-state index contributed by atoms with van der Waals surface area (Å²) in [5.41, 5.74) is 1.11. The van der Waals surface area contributed by atoms with Gasteiger partial charge in [0.2, 0.25) is 0 Å². The molecule has 1 fully saturated rings. The van der Waals surface area contributed by atoms with Crippen molar-refractivity contribution < 1.29 is 9.47 Å². The van der Waals surface area contributed by atoms with Crippen LogP contribution in [0.1, 0.15) is 19.3 Å². The summed E-state index contributed by atoms with van der Waals surface area (Å²) in [7, 11) is 0. The predicted molar refractivity (Wildman–Crippen MR) is 71.6 cm³/mol. The summed E-state index contributed by atoms with van der Waals surface area (Å²) in [6.07, 6.45) is 3.80. The Morgan fingerprint density at radius 1 is 1.22 bits per heavy atom. The Labute approximate surface area is 108 Å². The number of fused-ring (bicyclic) bond motifs is 1. The maximum atomic E-state index is 5.57. The highest BCUT2D eigenvalue weighted by Gasteiger charge is 2.14. The Morgan fingerprint density at radius 3 is 2.94 bits per heavy atom. The molecular weight excluding hydrogens is 228 g/mol. The lowest BCUT2D eigenvalue weighted by molar-refractivity contribution is 0.171.